The van der Waals surface area contributed by atoms with Gasteiger partial charge in [-0.1, -0.05) is 49.7 Å². The molecule has 0 bridgehead atoms. The van der Waals surface area contributed by atoms with Crippen molar-refractivity contribution in [3.05, 3.63) is 70.2 Å². The van der Waals surface area contributed by atoms with E-state index < -0.39 is 6.03 Å². The summed E-state index contributed by atoms with van der Waals surface area (Å²) in [6.07, 6.45) is 1.77. The maximum Gasteiger partial charge on any atom is 0.321 e. The van der Waals surface area contributed by atoms with Crippen LogP contribution in [-0.4, -0.2) is 11.0 Å². The van der Waals surface area contributed by atoms with E-state index in [2.05, 4.69) is 18.8 Å². The van der Waals surface area contributed by atoms with Crippen molar-refractivity contribution in [2.75, 3.05) is 4.90 Å². The Morgan fingerprint density at radius 1 is 1.22 bits per heavy atom. The van der Waals surface area contributed by atoms with Crippen LogP contribution in [0, 0.1) is 0 Å². The number of ether oxygens (including phenoxy) is 1. The highest BCUT2D eigenvalue weighted by atomic mass is 35.5. The molecule has 0 aliphatic rings. The van der Waals surface area contributed by atoms with Crippen LogP contribution in [0.5, 0.6) is 11.5 Å². The molecule has 7 heteroatoms. The van der Waals surface area contributed by atoms with Crippen LogP contribution in [-0.2, 0) is 6.54 Å². The number of carbonyl (C=O) groups excluding carboxylic acids is 1. The lowest BCUT2D eigenvalue weighted by Crippen LogP contribution is -2.35. The number of nitrogens with zero attached hydrogens (tertiary/aromatic N) is 2. The molecule has 2 amide bonds. The van der Waals surface area contributed by atoms with E-state index >= 15 is 0 Å². The number of hydrogen-bond donors (Lipinski definition) is 1. The Morgan fingerprint density at radius 2 is 1.96 bits per heavy atom. The van der Waals surface area contributed by atoms with Crippen molar-refractivity contribution < 1.29 is 9.53 Å². The van der Waals surface area contributed by atoms with Crippen molar-refractivity contribution in [2.45, 2.75) is 26.3 Å². The number of rotatable bonds is 6. The highest BCUT2D eigenvalue weighted by Gasteiger charge is 2.21. The van der Waals surface area contributed by atoms with E-state index in [4.69, 9.17) is 22.1 Å². The molecule has 0 spiro atoms. The van der Waals surface area contributed by atoms with Gasteiger partial charge in [0.1, 0.15) is 11.5 Å². The quantitative estimate of drug-likeness (QED) is 0.567. The molecule has 0 aliphatic carbocycles. The number of nitrogens with two attached hydrogens (primary N) is 1. The van der Waals surface area contributed by atoms with Crippen molar-refractivity contribution in [1.82, 2.24) is 4.98 Å². The van der Waals surface area contributed by atoms with Gasteiger partial charge >= 0.3 is 6.03 Å². The van der Waals surface area contributed by atoms with Gasteiger partial charge in [0.25, 0.3) is 0 Å². The van der Waals surface area contributed by atoms with E-state index in [1.54, 1.807) is 18.3 Å². The molecule has 27 heavy (non-hydrogen) atoms. The second-order valence-electron chi connectivity index (χ2n) is 6.26. The predicted molar refractivity (Wildman–Crippen MR) is 110 cm³/mol. The van der Waals surface area contributed by atoms with Gasteiger partial charge in [0.2, 0.25) is 0 Å². The van der Waals surface area contributed by atoms with Gasteiger partial charge in [0, 0.05) is 21.7 Å². The van der Waals surface area contributed by atoms with Crippen molar-refractivity contribution in [1.29, 1.82) is 0 Å². The summed E-state index contributed by atoms with van der Waals surface area (Å²) in [6.45, 7) is 4.32. The summed E-state index contributed by atoms with van der Waals surface area (Å²) >= 11 is 7.85. The number of halogens is 1. The average molecular weight is 402 g/mol. The van der Waals surface area contributed by atoms with Gasteiger partial charge in [0.05, 0.1) is 6.54 Å². The van der Waals surface area contributed by atoms with Gasteiger partial charge in [-0.15, -0.1) is 11.3 Å². The highest BCUT2D eigenvalue weighted by molar-refractivity contribution is 7.15. The van der Waals surface area contributed by atoms with E-state index in [-0.39, 0.29) is 6.54 Å². The van der Waals surface area contributed by atoms with Gasteiger partial charge < -0.3 is 10.5 Å². The number of anilines is 1. The minimum Gasteiger partial charge on any atom is -0.457 e. The van der Waals surface area contributed by atoms with E-state index in [0.717, 1.165) is 4.88 Å². The summed E-state index contributed by atoms with van der Waals surface area (Å²) in [5.41, 5.74) is 6.29. The van der Waals surface area contributed by atoms with Crippen LogP contribution in [0.3, 0.4) is 0 Å². The van der Waals surface area contributed by atoms with Crippen molar-refractivity contribution in [3.8, 4) is 11.5 Å². The fraction of sp³-hybridized carbons (Fsp3) is 0.200. The van der Waals surface area contributed by atoms with Crippen molar-refractivity contribution in [2.24, 2.45) is 5.73 Å². The molecule has 0 aliphatic heterocycles. The molecule has 2 N–H and O–H groups in total. The van der Waals surface area contributed by atoms with Crippen LogP contribution >= 0.6 is 22.9 Å². The predicted octanol–water partition coefficient (Wildman–Crippen LogP) is 5.80. The Labute approximate surface area is 167 Å². The van der Waals surface area contributed by atoms with Crippen LogP contribution in [0.4, 0.5) is 9.93 Å². The first-order valence-corrected chi connectivity index (χ1v) is 9.68. The fourth-order valence-corrected chi connectivity index (χ4v) is 3.62. The van der Waals surface area contributed by atoms with Crippen LogP contribution in [0.1, 0.15) is 30.2 Å². The van der Waals surface area contributed by atoms with E-state index in [1.807, 2.05) is 36.4 Å². The zero-order valence-electron chi connectivity index (χ0n) is 15.1. The zero-order valence-corrected chi connectivity index (χ0v) is 16.6. The Bertz CT molecular complexity index is 928. The molecule has 3 rings (SSSR count). The lowest BCUT2D eigenvalue weighted by atomic mass is 10.2. The third kappa shape index (κ3) is 4.59. The number of thiazole rings is 1. The monoisotopic (exact) mass is 401 g/mol. The smallest absolute Gasteiger partial charge is 0.321 e. The van der Waals surface area contributed by atoms with Gasteiger partial charge in [-0.25, -0.2) is 9.78 Å². The molecule has 3 aromatic rings. The van der Waals surface area contributed by atoms with Gasteiger partial charge in [0.15, 0.2) is 5.13 Å². The second-order valence-corrected chi connectivity index (χ2v) is 7.70. The van der Waals surface area contributed by atoms with Crippen molar-refractivity contribution >= 4 is 34.1 Å². The molecule has 140 valence electrons. The molecule has 0 saturated carbocycles. The van der Waals surface area contributed by atoms with Gasteiger partial charge in [-0.2, -0.15) is 0 Å². The Morgan fingerprint density at radius 3 is 2.59 bits per heavy atom. The molecular weight excluding hydrogens is 382 g/mol. The summed E-state index contributed by atoms with van der Waals surface area (Å²) in [5, 5.41) is 1.03. The summed E-state index contributed by atoms with van der Waals surface area (Å²) in [7, 11) is 0. The normalized spacial score (nSPS) is 10.8. The minimum atomic E-state index is -0.592. The highest BCUT2D eigenvalue weighted by Crippen LogP contribution is 2.34. The first-order chi connectivity index (χ1) is 13.0. The van der Waals surface area contributed by atoms with Crippen LogP contribution in [0.2, 0.25) is 5.02 Å². The second kappa shape index (κ2) is 8.41. The number of carbonyl (C=O) groups is 1. The molecule has 0 fully saturated rings. The third-order valence-electron chi connectivity index (χ3n) is 3.94. The van der Waals surface area contributed by atoms with Gasteiger partial charge in [-0.3, -0.25) is 4.90 Å². The zero-order chi connectivity index (χ0) is 19.4. The Hall–Kier alpha value is -2.57. The number of hydrogen-bond acceptors (Lipinski definition) is 4. The summed E-state index contributed by atoms with van der Waals surface area (Å²) in [5.74, 6) is 1.58. The van der Waals surface area contributed by atoms with Crippen LogP contribution in [0.25, 0.3) is 0 Å². The van der Waals surface area contributed by atoms with Gasteiger partial charge in [-0.05, 0) is 30.2 Å². The van der Waals surface area contributed by atoms with Crippen LogP contribution < -0.4 is 15.4 Å². The number of aromatic nitrogens is 1. The number of primary amides is 1. The topological polar surface area (TPSA) is 68.5 Å². The van der Waals surface area contributed by atoms with E-state index in [0.29, 0.717) is 33.1 Å². The Balaban J connectivity index is 1.93. The lowest BCUT2D eigenvalue weighted by Gasteiger charge is -2.20. The molecule has 5 nitrogen and oxygen atoms in total. The SMILES string of the molecule is CC(C)c1cnc(N(Cc2c(Cl)cccc2Oc2ccccc2)C(N)=O)s1. The van der Waals surface area contributed by atoms with E-state index in [9.17, 15) is 4.79 Å². The standard InChI is InChI=1S/C20H20ClN3O2S/c1-13(2)18-11-23-20(27-18)24(19(22)25)12-15-16(21)9-6-10-17(15)26-14-7-4-3-5-8-14/h3-11,13H,12H2,1-2H3,(H2,22,25). The van der Waals surface area contributed by atoms with E-state index in [1.165, 1.54) is 16.2 Å². The number of benzene rings is 2. The number of amides is 2. The molecule has 0 saturated heterocycles. The van der Waals surface area contributed by atoms with Crippen LogP contribution in [0.15, 0.2) is 54.7 Å². The molecule has 0 unspecified atom stereocenters. The molecule has 0 atom stereocenters. The minimum absolute atomic E-state index is 0.169. The molecule has 1 heterocycles. The molecule has 1 aromatic heterocycles. The number of urea groups is 1. The maximum atomic E-state index is 12.1. The average Bonchev–Trinajstić information content (AvgIpc) is 3.12. The summed E-state index contributed by atoms with van der Waals surface area (Å²) in [4.78, 5) is 18.9. The third-order valence-corrected chi connectivity index (χ3v) is 5.62. The van der Waals surface area contributed by atoms with Crippen molar-refractivity contribution in [3.63, 3.8) is 0 Å². The first kappa shape index (κ1) is 19.2. The maximum absolute atomic E-state index is 12.1. The first-order valence-electron chi connectivity index (χ1n) is 8.48. The fourth-order valence-electron chi connectivity index (χ4n) is 2.47. The molecule has 2 aromatic carbocycles. The lowest BCUT2D eigenvalue weighted by molar-refractivity contribution is 0.253. The molecular formula is C20H20ClN3O2S. The Kier molecular flexibility index (Phi) is 5.98. The molecule has 0 radical (unpaired) electrons. The number of para-hydroxylation sites is 1. The largest absolute Gasteiger partial charge is 0.457 e. The summed E-state index contributed by atoms with van der Waals surface area (Å²) in [6, 6.07) is 14.2. The summed E-state index contributed by atoms with van der Waals surface area (Å²) < 4.78 is 5.97.